The molecule has 0 bridgehead atoms. The van der Waals surface area contributed by atoms with Gasteiger partial charge in [0.25, 0.3) is 5.91 Å². The van der Waals surface area contributed by atoms with Gasteiger partial charge >= 0.3 is 0 Å². The van der Waals surface area contributed by atoms with Crippen molar-refractivity contribution in [2.75, 3.05) is 12.4 Å². The van der Waals surface area contributed by atoms with Crippen LogP contribution in [0.25, 0.3) is 22.6 Å². The quantitative estimate of drug-likeness (QED) is 0.290. The first-order chi connectivity index (χ1) is 15.9. The van der Waals surface area contributed by atoms with Gasteiger partial charge in [-0.05, 0) is 82.1 Å². The van der Waals surface area contributed by atoms with Crippen molar-refractivity contribution in [1.82, 2.24) is 10.3 Å². The van der Waals surface area contributed by atoms with E-state index in [1.165, 1.54) is 5.56 Å². The number of hydrogen-bond donors (Lipinski definition) is 2. The minimum absolute atomic E-state index is 0.144. The summed E-state index contributed by atoms with van der Waals surface area (Å²) in [7, 11) is 1.57. The van der Waals surface area contributed by atoms with Crippen molar-refractivity contribution in [3.8, 4) is 17.2 Å². The summed E-state index contributed by atoms with van der Waals surface area (Å²) in [6.45, 7) is 4.28. The number of benzene rings is 3. The van der Waals surface area contributed by atoms with Crippen LogP contribution in [0.15, 0.2) is 69.6 Å². The summed E-state index contributed by atoms with van der Waals surface area (Å²) in [5.74, 6) is 1.13. The Morgan fingerprint density at radius 1 is 1.12 bits per heavy atom. The topological polar surface area (TPSA) is 76.4 Å². The Labute approximate surface area is 205 Å². The van der Waals surface area contributed by atoms with Gasteiger partial charge in [-0.25, -0.2) is 4.98 Å². The first-order valence-corrected chi connectivity index (χ1v) is 11.5. The lowest BCUT2D eigenvalue weighted by Crippen LogP contribution is -2.34. The third kappa shape index (κ3) is 5.07. The molecule has 6 nitrogen and oxygen atoms in total. The minimum atomic E-state index is -0.324. The van der Waals surface area contributed by atoms with Crippen LogP contribution in [0.2, 0.25) is 0 Å². The molecule has 0 aliphatic rings. The number of oxazole rings is 1. The van der Waals surface area contributed by atoms with E-state index < -0.39 is 0 Å². The molecule has 33 heavy (non-hydrogen) atoms. The molecular weight excluding hydrogens is 502 g/mol. The number of carbonyl (C=O) groups excluding carboxylic acids is 1. The largest absolute Gasteiger partial charge is 0.495 e. The Morgan fingerprint density at radius 3 is 2.64 bits per heavy atom. The predicted molar refractivity (Wildman–Crippen MR) is 138 cm³/mol. The number of thiocarbonyl (C=S) groups is 1. The Hall–Kier alpha value is -3.23. The maximum atomic E-state index is 12.6. The lowest BCUT2D eigenvalue weighted by molar-refractivity contribution is 0.0977. The second kappa shape index (κ2) is 9.72. The van der Waals surface area contributed by atoms with E-state index in [1.807, 2.05) is 30.3 Å². The highest BCUT2D eigenvalue weighted by Crippen LogP contribution is 2.32. The van der Waals surface area contributed by atoms with Crippen molar-refractivity contribution in [2.45, 2.75) is 19.8 Å². The molecule has 2 N–H and O–H groups in total. The zero-order valence-corrected chi connectivity index (χ0v) is 20.7. The third-order valence-electron chi connectivity index (χ3n) is 5.12. The molecule has 0 saturated carbocycles. The van der Waals surface area contributed by atoms with Gasteiger partial charge in [0.2, 0.25) is 5.89 Å². The summed E-state index contributed by atoms with van der Waals surface area (Å²) in [5, 5.41) is 5.87. The fourth-order valence-corrected chi connectivity index (χ4v) is 4.00. The van der Waals surface area contributed by atoms with Crippen LogP contribution in [0, 0.1) is 0 Å². The number of aromatic nitrogens is 1. The molecular formula is C25H22BrN3O3S. The molecule has 1 aromatic heterocycles. The zero-order chi connectivity index (χ0) is 23.5. The van der Waals surface area contributed by atoms with Crippen molar-refractivity contribution in [1.29, 1.82) is 0 Å². The Balaban J connectivity index is 1.58. The number of amides is 1. The van der Waals surface area contributed by atoms with E-state index in [4.69, 9.17) is 21.4 Å². The van der Waals surface area contributed by atoms with Gasteiger partial charge in [0.05, 0.1) is 18.4 Å². The summed E-state index contributed by atoms with van der Waals surface area (Å²) in [4.78, 5) is 17.2. The number of fused-ring (bicyclic) bond motifs is 1. The molecule has 0 radical (unpaired) electrons. The lowest BCUT2D eigenvalue weighted by atomic mass is 10.0. The number of halogens is 1. The van der Waals surface area contributed by atoms with Crippen LogP contribution in [-0.2, 0) is 0 Å². The van der Waals surface area contributed by atoms with E-state index in [0.29, 0.717) is 33.3 Å². The summed E-state index contributed by atoms with van der Waals surface area (Å²) >= 11 is 8.74. The fraction of sp³-hybridized carbons (Fsp3) is 0.160. The summed E-state index contributed by atoms with van der Waals surface area (Å²) in [5.41, 5.74) is 4.53. The van der Waals surface area contributed by atoms with Crippen LogP contribution in [-0.4, -0.2) is 23.1 Å². The second-order valence-corrected chi connectivity index (χ2v) is 8.97. The minimum Gasteiger partial charge on any atom is -0.495 e. The smallest absolute Gasteiger partial charge is 0.258 e. The third-order valence-corrected chi connectivity index (χ3v) is 6.01. The SMILES string of the molecule is COc1ccc(-c2nc3cc(C(C)C)ccc3o2)cc1NC(=S)NC(=O)c1ccccc1Br. The fourth-order valence-electron chi connectivity index (χ4n) is 3.34. The van der Waals surface area contributed by atoms with Crippen LogP contribution >= 0.6 is 28.1 Å². The number of carbonyl (C=O) groups is 1. The Bertz CT molecular complexity index is 1350. The van der Waals surface area contributed by atoms with E-state index >= 15 is 0 Å². The monoisotopic (exact) mass is 523 g/mol. The molecule has 168 valence electrons. The standard InChI is InChI=1S/C25H22BrN3O3S/c1-14(2)15-8-11-22-20(12-15)27-24(32-22)16-9-10-21(31-3)19(13-16)28-25(33)29-23(30)17-6-4-5-7-18(17)26/h4-14H,1-3H3,(H2,28,29,30,33). The molecule has 1 heterocycles. The maximum Gasteiger partial charge on any atom is 0.258 e. The number of rotatable bonds is 5. The van der Waals surface area contributed by atoms with Gasteiger partial charge in [0, 0.05) is 10.0 Å². The first kappa shape index (κ1) is 22.9. The van der Waals surface area contributed by atoms with E-state index in [-0.39, 0.29) is 11.0 Å². The highest BCUT2D eigenvalue weighted by Gasteiger charge is 2.15. The van der Waals surface area contributed by atoms with E-state index in [0.717, 1.165) is 16.7 Å². The zero-order valence-electron chi connectivity index (χ0n) is 18.3. The molecule has 3 aromatic carbocycles. The number of nitrogens with one attached hydrogen (secondary N) is 2. The maximum absolute atomic E-state index is 12.6. The summed E-state index contributed by atoms with van der Waals surface area (Å²) in [6, 6.07) is 18.6. The Kier molecular flexibility index (Phi) is 6.76. The lowest BCUT2D eigenvalue weighted by Gasteiger charge is -2.14. The van der Waals surface area contributed by atoms with Crippen molar-refractivity contribution < 1.29 is 13.9 Å². The summed E-state index contributed by atoms with van der Waals surface area (Å²) in [6.07, 6.45) is 0. The van der Waals surface area contributed by atoms with Gasteiger partial charge in [0.1, 0.15) is 11.3 Å². The van der Waals surface area contributed by atoms with Crippen molar-refractivity contribution in [3.63, 3.8) is 0 Å². The normalized spacial score (nSPS) is 10.9. The van der Waals surface area contributed by atoms with Crippen molar-refractivity contribution in [2.24, 2.45) is 0 Å². The molecule has 0 fully saturated rings. The Morgan fingerprint density at radius 2 is 1.91 bits per heavy atom. The highest BCUT2D eigenvalue weighted by atomic mass is 79.9. The van der Waals surface area contributed by atoms with E-state index in [1.54, 1.807) is 31.4 Å². The molecule has 4 aromatic rings. The molecule has 1 amide bonds. The number of nitrogens with zero attached hydrogens (tertiary/aromatic N) is 1. The van der Waals surface area contributed by atoms with Crippen molar-refractivity contribution >= 4 is 56.0 Å². The van der Waals surface area contributed by atoms with Gasteiger partial charge in [-0.15, -0.1) is 0 Å². The molecule has 0 unspecified atom stereocenters. The van der Waals surface area contributed by atoms with Gasteiger partial charge in [-0.3, -0.25) is 10.1 Å². The van der Waals surface area contributed by atoms with E-state index in [2.05, 4.69) is 51.5 Å². The average molecular weight is 524 g/mol. The van der Waals surface area contributed by atoms with Gasteiger partial charge < -0.3 is 14.5 Å². The second-order valence-electron chi connectivity index (χ2n) is 7.70. The summed E-state index contributed by atoms with van der Waals surface area (Å²) < 4.78 is 12.1. The highest BCUT2D eigenvalue weighted by molar-refractivity contribution is 9.10. The van der Waals surface area contributed by atoms with Crippen molar-refractivity contribution in [3.05, 3.63) is 76.3 Å². The number of ether oxygens (including phenoxy) is 1. The van der Waals surface area contributed by atoms with Crippen LogP contribution in [0.4, 0.5) is 5.69 Å². The number of methoxy groups -OCH3 is 1. The number of anilines is 1. The molecule has 0 atom stereocenters. The average Bonchev–Trinajstić information content (AvgIpc) is 3.22. The molecule has 0 spiro atoms. The van der Waals surface area contributed by atoms with Gasteiger partial charge in [-0.2, -0.15) is 0 Å². The predicted octanol–water partition coefficient (Wildman–Crippen LogP) is 6.52. The molecule has 0 aliphatic heterocycles. The van der Waals surface area contributed by atoms with E-state index in [9.17, 15) is 4.79 Å². The molecule has 8 heteroatoms. The number of hydrogen-bond acceptors (Lipinski definition) is 5. The van der Waals surface area contributed by atoms with Crippen LogP contribution in [0.1, 0.15) is 35.7 Å². The van der Waals surface area contributed by atoms with Gasteiger partial charge in [0.15, 0.2) is 10.7 Å². The van der Waals surface area contributed by atoms with Crippen LogP contribution in [0.5, 0.6) is 5.75 Å². The molecule has 0 aliphatic carbocycles. The van der Waals surface area contributed by atoms with Crippen LogP contribution in [0.3, 0.4) is 0 Å². The van der Waals surface area contributed by atoms with Gasteiger partial charge in [-0.1, -0.05) is 32.0 Å². The molecule has 0 saturated heterocycles. The van der Waals surface area contributed by atoms with Crippen LogP contribution < -0.4 is 15.4 Å². The molecule has 4 rings (SSSR count). The first-order valence-electron chi connectivity index (χ1n) is 10.3.